The Hall–Kier alpha value is -1.29. The standard InChI is InChI=1S/C21H31O5P/c1-5-6-7-8-15-12-18-20(19(13-15)26-27(22,23)24)16-11-14(2)9-10-17(16)21(3,4)25-18/h11-13,16-17H,5-10H2,1-4H3,(H2,22,23,24)/t16?,17-/m0/s1. The highest BCUT2D eigenvalue weighted by Crippen LogP contribution is 2.55. The van der Waals surface area contributed by atoms with Crippen molar-refractivity contribution in [3.05, 3.63) is 34.9 Å². The van der Waals surface area contributed by atoms with Gasteiger partial charge in [-0.2, -0.15) is 0 Å². The molecule has 2 N–H and O–H groups in total. The molecule has 1 aromatic carbocycles. The Bertz CT molecular complexity index is 777. The van der Waals surface area contributed by atoms with Crippen molar-refractivity contribution in [2.75, 3.05) is 0 Å². The van der Waals surface area contributed by atoms with Crippen LogP contribution in [0.4, 0.5) is 0 Å². The molecule has 0 amide bonds. The Morgan fingerprint density at radius 3 is 2.70 bits per heavy atom. The van der Waals surface area contributed by atoms with Crippen molar-refractivity contribution in [3.63, 3.8) is 0 Å². The molecular formula is C21H31O5P. The molecule has 5 nitrogen and oxygen atoms in total. The second-order valence-corrected chi connectivity index (χ2v) is 9.60. The Labute approximate surface area is 162 Å². The lowest BCUT2D eigenvalue weighted by Gasteiger charge is -2.46. The number of rotatable bonds is 6. The number of benzene rings is 1. The molecule has 1 aliphatic carbocycles. The molecule has 1 unspecified atom stereocenters. The zero-order valence-corrected chi connectivity index (χ0v) is 17.6. The van der Waals surface area contributed by atoms with E-state index in [2.05, 4.69) is 33.8 Å². The van der Waals surface area contributed by atoms with Gasteiger partial charge in [0.25, 0.3) is 0 Å². The topological polar surface area (TPSA) is 76.0 Å². The summed E-state index contributed by atoms with van der Waals surface area (Å²) >= 11 is 0. The van der Waals surface area contributed by atoms with E-state index in [4.69, 9.17) is 9.26 Å². The van der Waals surface area contributed by atoms with E-state index in [1.807, 2.05) is 6.07 Å². The van der Waals surface area contributed by atoms with Gasteiger partial charge in [0, 0.05) is 17.4 Å². The fourth-order valence-electron chi connectivity index (χ4n) is 4.49. The van der Waals surface area contributed by atoms with Crippen LogP contribution in [0.25, 0.3) is 0 Å². The van der Waals surface area contributed by atoms with Gasteiger partial charge >= 0.3 is 7.82 Å². The molecule has 1 aromatic rings. The Kier molecular flexibility index (Phi) is 5.77. The van der Waals surface area contributed by atoms with E-state index in [0.717, 1.165) is 49.7 Å². The normalized spacial score (nSPS) is 23.7. The number of ether oxygens (including phenoxy) is 1. The minimum Gasteiger partial charge on any atom is -0.487 e. The van der Waals surface area contributed by atoms with Gasteiger partial charge in [0.2, 0.25) is 0 Å². The summed E-state index contributed by atoms with van der Waals surface area (Å²) in [6.07, 6.45) is 8.34. The second-order valence-electron chi connectivity index (χ2n) is 8.43. The summed E-state index contributed by atoms with van der Waals surface area (Å²) in [4.78, 5) is 18.9. The molecule has 0 bridgehead atoms. The van der Waals surface area contributed by atoms with E-state index < -0.39 is 7.82 Å². The highest BCUT2D eigenvalue weighted by molar-refractivity contribution is 7.46. The van der Waals surface area contributed by atoms with Gasteiger partial charge in [-0.3, -0.25) is 9.79 Å². The smallest absolute Gasteiger partial charge is 0.487 e. The number of aryl methyl sites for hydroxylation is 1. The first-order valence-electron chi connectivity index (χ1n) is 9.89. The number of hydrogen-bond donors (Lipinski definition) is 2. The number of phosphoric ester groups is 1. The average Bonchev–Trinajstić information content (AvgIpc) is 2.52. The molecule has 27 heavy (non-hydrogen) atoms. The van der Waals surface area contributed by atoms with E-state index in [1.54, 1.807) is 6.07 Å². The number of unbranched alkanes of at least 4 members (excludes halogenated alkanes) is 2. The molecule has 2 aliphatic rings. The molecule has 3 rings (SSSR count). The fourth-order valence-corrected chi connectivity index (χ4v) is 4.90. The molecule has 0 fully saturated rings. The lowest BCUT2D eigenvalue weighted by Crippen LogP contribution is -2.45. The Balaban J connectivity index is 2.10. The van der Waals surface area contributed by atoms with Crippen LogP contribution in [0.5, 0.6) is 11.5 Å². The molecule has 0 aromatic heterocycles. The van der Waals surface area contributed by atoms with Crippen LogP contribution < -0.4 is 9.26 Å². The van der Waals surface area contributed by atoms with Crippen molar-refractivity contribution in [2.24, 2.45) is 5.92 Å². The lowest BCUT2D eigenvalue weighted by molar-refractivity contribution is 0.0109. The van der Waals surface area contributed by atoms with E-state index in [0.29, 0.717) is 5.75 Å². The van der Waals surface area contributed by atoms with Gasteiger partial charge in [-0.25, -0.2) is 4.57 Å². The number of allylic oxidation sites excluding steroid dienone is 2. The van der Waals surface area contributed by atoms with Gasteiger partial charge in [0.05, 0.1) is 0 Å². The second kappa shape index (κ2) is 7.62. The number of hydrogen-bond acceptors (Lipinski definition) is 3. The number of phosphoric acid groups is 1. The van der Waals surface area contributed by atoms with Gasteiger partial charge in [-0.15, -0.1) is 0 Å². The van der Waals surface area contributed by atoms with Gasteiger partial charge < -0.3 is 9.26 Å². The third-order valence-corrected chi connectivity index (χ3v) is 6.23. The van der Waals surface area contributed by atoms with Crippen molar-refractivity contribution in [1.29, 1.82) is 0 Å². The third-order valence-electron chi connectivity index (χ3n) is 5.80. The van der Waals surface area contributed by atoms with Crippen LogP contribution in [-0.4, -0.2) is 15.4 Å². The summed E-state index contributed by atoms with van der Waals surface area (Å²) < 4.78 is 23.1. The van der Waals surface area contributed by atoms with E-state index >= 15 is 0 Å². The fraction of sp³-hybridized carbons (Fsp3) is 0.619. The van der Waals surface area contributed by atoms with Crippen molar-refractivity contribution in [3.8, 4) is 11.5 Å². The summed E-state index contributed by atoms with van der Waals surface area (Å²) in [6.45, 7) is 8.48. The first kappa shape index (κ1) is 20.4. The summed E-state index contributed by atoms with van der Waals surface area (Å²) in [5, 5.41) is 0. The van der Waals surface area contributed by atoms with Gasteiger partial charge in [-0.05, 0) is 64.2 Å². The molecule has 0 spiro atoms. The van der Waals surface area contributed by atoms with E-state index in [9.17, 15) is 14.4 Å². The molecule has 150 valence electrons. The average molecular weight is 394 g/mol. The molecule has 1 aliphatic heterocycles. The maximum absolute atomic E-state index is 11.6. The molecule has 6 heteroatoms. The molecule has 0 radical (unpaired) electrons. The summed E-state index contributed by atoms with van der Waals surface area (Å²) in [6, 6.07) is 3.83. The predicted octanol–water partition coefficient (Wildman–Crippen LogP) is 5.50. The molecular weight excluding hydrogens is 363 g/mol. The van der Waals surface area contributed by atoms with Crippen LogP contribution in [0.2, 0.25) is 0 Å². The van der Waals surface area contributed by atoms with Gasteiger partial charge in [0.1, 0.15) is 17.1 Å². The van der Waals surface area contributed by atoms with Crippen molar-refractivity contribution in [2.45, 2.75) is 77.7 Å². The van der Waals surface area contributed by atoms with Crippen LogP contribution in [-0.2, 0) is 11.0 Å². The minimum atomic E-state index is -4.66. The quantitative estimate of drug-likeness (QED) is 0.378. The predicted molar refractivity (Wildman–Crippen MR) is 106 cm³/mol. The van der Waals surface area contributed by atoms with Crippen molar-refractivity contribution in [1.82, 2.24) is 0 Å². The summed E-state index contributed by atoms with van der Waals surface area (Å²) in [5.74, 6) is 1.26. The largest absolute Gasteiger partial charge is 0.524 e. The third kappa shape index (κ3) is 4.59. The van der Waals surface area contributed by atoms with Crippen LogP contribution in [0, 0.1) is 5.92 Å². The highest BCUT2D eigenvalue weighted by atomic mass is 31.2. The van der Waals surface area contributed by atoms with Crippen LogP contribution >= 0.6 is 7.82 Å². The molecule has 0 saturated heterocycles. The van der Waals surface area contributed by atoms with Crippen LogP contribution in [0.1, 0.15) is 76.8 Å². The monoisotopic (exact) mass is 394 g/mol. The first-order chi connectivity index (χ1) is 12.6. The van der Waals surface area contributed by atoms with Gasteiger partial charge in [0.15, 0.2) is 0 Å². The van der Waals surface area contributed by atoms with Gasteiger partial charge in [-0.1, -0.05) is 31.4 Å². The first-order valence-corrected chi connectivity index (χ1v) is 11.4. The maximum Gasteiger partial charge on any atom is 0.524 e. The van der Waals surface area contributed by atoms with Crippen LogP contribution in [0.15, 0.2) is 23.8 Å². The Morgan fingerprint density at radius 1 is 1.30 bits per heavy atom. The Morgan fingerprint density at radius 2 is 2.04 bits per heavy atom. The minimum absolute atomic E-state index is 0.0451. The number of fused-ring (bicyclic) bond motifs is 3. The maximum atomic E-state index is 11.6. The molecule has 2 atom stereocenters. The zero-order valence-electron chi connectivity index (χ0n) is 16.7. The zero-order chi connectivity index (χ0) is 19.8. The highest BCUT2D eigenvalue weighted by Gasteiger charge is 2.45. The molecule has 0 saturated carbocycles. The van der Waals surface area contributed by atoms with Crippen molar-refractivity contribution < 1.29 is 23.6 Å². The SMILES string of the molecule is CCCCCc1cc2c(c(OP(=O)(O)O)c1)C1C=C(C)CC[C@@H]1C(C)(C)O2. The van der Waals surface area contributed by atoms with E-state index in [-0.39, 0.29) is 23.2 Å². The lowest BCUT2D eigenvalue weighted by atomic mass is 9.68. The van der Waals surface area contributed by atoms with Crippen molar-refractivity contribution >= 4 is 7.82 Å². The summed E-state index contributed by atoms with van der Waals surface area (Å²) in [5.41, 5.74) is 2.74. The summed E-state index contributed by atoms with van der Waals surface area (Å²) in [7, 11) is -4.66. The molecule has 1 heterocycles. The van der Waals surface area contributed by atoms with Crippen LogP contribution in [0.3, 0.4) is 0 Å². The van der Waals surface area contributed by atoms with E-state index in [1.165, 1.54) is 5.57 Å².